The number of para-hydroxylation sites is 1. The Morgan fingerprint density at radius 2 is 1.66 bits per heavy atom. The van der Waals surface area contributed by atoms with Crippen LogP contribution in [0.1, 0.15) is 5.56 Å². The Morgan fingerprint density at radius 3 is 2.34 bits per heavy atom. The number of ether oxygens (including phenoxy) is 1. The van der Waals surface area contributed by atoms with Crippen LogP contribution in [0.4, 0.5) is 10.1 Å². The van der Waals surface area contributed by atoms with Crippen molar-refractivity contribution in [2.45, 2.75) is 11.4 Å². The fourth-order valence-electron chi connectivity index (χ4n) is 3.76. The maximum absolute atomic E-state index is 14.0. The average Bonchev–Trinajstić information content (AvgIpc) is 2.87. The molecule has 0 unspecified atom stereocenters. The molecule has 1 aliphatic rings. The maximum atomic E-state index is 14.0. The molecule has 0 aromatic heterocycles. The number of benzene rings is 3. The number of nitrogens with one attached hydrogen (secondary N) is 1. The highest BCUT2D eigenvalue weighted by atomic mass is 35.5. The van der Waals surface area contributed by atoms with Gasteiger partial charge in [0.15, 0.2) is 6.61 Å². The summed E-state index contributed by atoms with van der Waals surface area (Å²) in [5, 5.41) is 0.0877. The fourth-order valence-corrected chi connectivity index (χ4v) is 5.10. The molecule has 7 nitrogen and oxygen atoms in total. The van der Waals surface area contributed by atoms with Crippen molar-refractivity contribution >= 4 is 33.2 Å². The lowest BCUT2D eigenvalue weighted by atomic mass is 10.2. The Balaban J connectivity index is 1.30. The molecule has 4 rings (SSSR count). The zero-order valence-corrected chi connectivity index (χ0v) is 20.4. The van der Waals surface area contributed by atoms with Crippen molar-refractivity contribution in [2.24, 2.45) is 0 Å². The van der Waals surface area contributed by atoms with Gasteiger partial charge in [-0.1, -0.05) is 54.1 Å². The molecule has 184 valence electrons. The Morgan fingerprint density at radius 1 is 0.971 bits per heavy atom. The molecule has 1 heterocycles. The van der Waals surface area contributed by atoms with E-state index in [0.29, 0.717) is 31.9 Å². The fraction of sp³-hybridized carbons (Fsp3) is 0.240. The van der Waals surface area contributed by atoms with E-state index in [1.54, 1.807) is 23.1 Å². The van der Waals surface area contributed by atoms with Crippen LogP contribution in [0, 0.1) is 5.82 Å². The number of carbonyl (C=O) groups excluding carboxylic acids is 1. The van der Waals surface area contributed by atoms with Crippen LogP contribution in [-0.2, 0) is 21.4 Å². The molecular formula is C25H25ClFN3O4S. The first-order valence-corrected chi connectivity index (χ1v) is 12.9. The predicted octanol–water partition coefficient (Wildman–Crippen LogP) is 3.69. The molecule has 0 aliphatic carbocycles. The minimum Gasteiger partial charge on any atom is -0.482 e. The van der Waals surface area contributed by atoms with Gasteiger partial charge >= 0.3 is 0 Å². The standard InChI is InChI=1S/C25H25ClFN3O4S/c26-21-16-20(35(32,33)28-17-19-6-2-1-3-7-19)10-11-24(21)34-18-25(31)30-14-12-29(13-15-30)23-9-5-4-8-22(23)27/h1-11,16,28H,12-15,17-18H2. The zero-order chi connectivity index (χ0) is 24.8. The maximum Gasteiger partial charge on any atom is 0.260 e. The highest BCUT2D eigenvalue weighted by Crippen LogP contribution is 2.28. The van der Waals surface area contributed by atoms with Crippen molar-refractivity contribution in [3.05, 3.63) is 89.2 Å². The summed E-state index contributed by atoms with van der Waals surface area (Å²) < 4.78 is 47.3. The summed E-state index contributed by atoms with van der Waals surface area (Å²) in [5.74, 6) is -0.298. The largest absolute Gasteiger partial charge is 0.482 e. The quantitative estimate of drug-likeness (QED) is 0.493. The van der Waals surface area contributed by atoms with Gasteiger partial charge in [-0.05, 0) is 35.9 Å². The number of nitrogens with zero attached hydrogens (tertiary/aromatic N) is 2. The summed E-state index contributed by atoms with van der Waals surface area (Å²) in [5.41, 5.74) is 1.35. The van der Waals surface area contributed by atoms with Crippen molar-refractivity contribution in [2.75, 3.05) is 37.7 Å². The van der Waals surface area contributed by atoms with Crippen molar-refractivity contribution in [3.63, 3.8) is 0 Å². The number of piperazine rings is 1. The lowest BCUT2D eigenvalue weighted by molar-refractivity contribution is -0.133. The summed E-state index contributed by atoms with van der Waals surface area (Å²) in [6.45, 7) is 1.81. The normalized spacial score (nSPS) is 14.1. The van der Waals surface area contributed by atoms with Crippen LogP contribution >= 0.6 is 11.6 Å². The first-order valence-electron chi connectivity index (χ1n) is 11.1. The lowest BCUT2D eigenvalue weighted by Gasteiger charge is -2.36. The summed E-state index contributed by atoms with van der Waals surface area (Å²) in [6, 6.07) is 19.8. The van der Waals surface area contributed by atoms with Crippen molar-refractivity contribution < 1.29 is 22.3 Å². The molecule has 0 radical (unpaired) electrons. The molecule has 1 N–H and O–H groups in total. The first kappa shape index (κ1) is 25.0. The van der Waals surface area contributed by atoms with E-state index < -0.39 is 10.0 Å². The molecule has 1 aliphatic heterocycles. The zero-order valence-electron chi connectivity index (χ0n) is 18.9. The highest BCUT2D eigenvalue weighted by Gasteiger charge is 2.23. The molecule has 10 heteroatoms. The van der Waals surface area contributed by atoms with E-state index in [0.717, 1.165) is 5.56 Å². The molecule has 0 saturated carbocycles. The number of amides is 1. The second kappa shape index (κ2) is 11.1. The molecule has 0 atom stereocenters. The molecule has 35 heavy (non-hydrogen) atoms. The summed E-state index contributed by atoms with van der Waals surface area (Å²) in [7, 11) is -3.77. The molecular weight excluding hydrogens is 493 g/mol. The Kier molecular flexibility index (Phi) is 7.90. The first-order chi connectivity index (χ1) is 16.8. The van der Waals surface area contributed by atoms with Crippen LogP contribution in [0.5, 0.6) is 5.75 Å². The third kappa shape index (κ3) is 6.30. The average molecular weight is 518 g/mol. The molecule has 3 aromatic rings. The van der Waals surface area contributed by atoms with E-state index in [4.69, 9.17) is 16.3 Å². The summed E-state index contributed by atoms with van der Waals surface area (Å²) in [6.07, 6.45) is 0. The Hall–Kier alpha value is -3.14. The van der Waals surface area contributed by atoms with Crippen LogP contribution in [0.25, 0.3) is 0 Å². The van der Waals surface area contributed by atoms with Crippen LogP contribution in [-0.4, -0.2) is 52.0 Å². The number of carbonyl (C=O) groups is 1. The second-order valence-corrected chi connectivity index (χ2v) is 10.2. The minimum atomic E-state index is -3.77. The van der Waals surface area contributed by atoms with E-state index >= 15 is 0 Å². The molecule has 3 aromatic carbocycles. The molecule has 0 bridgehead atoms. The number of halogens is 2. The van der Waals surface area contributed by atoms with Gasteiger partial charge in [0.2, 0.25) is 10.0 Å². The van der Waals surface area contributed by atoms with E-state index in [9.17, 15) is 17.6 Å². The topological polar surface area (TPSA) is 78.9 Å². The molecule has 1 fully saturated rings. The monoisotopic (exact) mass is 517 g/mol. The van der Waals surface area contributed by atoms with Crippen molar-refractivity contribution in [1.29, 1.82) is 0 Å². The SMILES string of the molecule is O=C(COc1ccc(S(=O)(=O)NCc2ccccc2)cc1Cl)N1CCN(c2ccccc2F)CC1. The smallest absolute Gasteiger partial charge is 0.260 e. The van der Waals surface area contributed by atoms with Gasteiger partial charge in [-0.2, -0.15) is 0 Å². The Bertz CT molecular complexity index is 1280. The van der Waals surface area contributed by atoms with Gasteiger partial charge in [0.05, 0.1) is 15.6 Å². The van der Waals surface area contributed by atoms with Crippen molar-refractivity contribution in [1.82, 2.24) is 9.62 Å². The molecule has 1 saturated heterocycles. The second-order valence-electron chi connectivity index (χ2n) is 8.01. The van der Waals surface area contributed by atoms with E-state index in [2.05, 4.69) is 4.72 Å². The van der Waals surface area contributed by atoms with Gasteiger partial charge in [0, 0.05) is 32.7 Å². The van der Waals surface area contributed by atoms with Gasteiger partial charge in [0.1, 0.15) is 11.6 Å². The Labute approximate surface area is 209 Å². The van der Waals surface area contributed by atoms with E-state index in [1.807, 2.05) is 35.2 Å². The van der Waals surface area contributed by atoms with Gasteiger partial charge in [-0.3, -0.25) is 4.79 Å². The number of anilines is 1. The van der Waals surface area contributed by atoms with E-state index in [1.165, 1.54) is 24.3 Å². The van der Waals surface area contributed by atoms with Gasteiger partial charge in [-0.25, -0.2) is 17.5 Å². The van der Waals surface area contributed by atoms with Crippen molar-refractivity contribution in [3.8, 4) is 5.75 Å². The van der Waals surface area contributed by atoms with Crippen LogP contribution < -0.4 is 14.4 Å². The van der Waals surface area contributed by atoms with Gasteiger partial charge < -0.3 is 14.5 Å². The van der Waals surface area contributed by atoms with Crippen LogP contribution in [0.3, 0.4) is 0 Å². The van der Waals surface area contributed by atoms with Crippen LogP contribution in [0.15, 0.2) is 77.7 Å². The lowest BCUT2D eigenvalue weighted by Crippen LogP contribution is -2.50. The number of sulfonamides is 1. The molecule has 1 amide bonds. The third-order valence-corrected chi connectivity index (χ3v) is 7.39. The number of rotatable bonds is 8. The molecule has 0 spiro atoms. The number of hydrogen-bond donors (Lipinski definition) is 1. The summed E-state index contributed by atoms with van der Waals surface area (Å²) in [4.78, 5) is 16.2. The summed E-state index contributed by atoms with van der Waals surface area (Å²) >= 11 is 6.24. The van der Waals surface area contributed by atoms with E-state index in [-0.39, 0.29) is 40.5 Å². The predicted molar refractivity (Wildman–Crippen MR) is 133 cm³/mol. The minimum absolute atomic E-state index is 0.00127. The van der Waals surface area contributed by atoms with Gasteiger partial charge in [-0.15, -0.1) is 0 Å². The van der Waals surface area contributed by atoms with Crippen LogP contribution in [0.2, 0.25) is 5.02 Å². The highest BCUT2D eigenvalue weighted by molar-refractivity contribution is 7.89. The number of hydrogen-bond acceptors (Lipinski definition) is 5. The third-order valence-electron chi connectivity index (χ3n) is 5.70. The van der Waals surface area contributed by atoms with Gasteiger partial charge in [0.25, 0.3) is 5.91 Å².